The number of anilines is 1. The Morgan fingerprint density at radius 1 is 1.32 bits per heavy atom. The molecule has 1 rings (SSSR count). The van der Waals surface area contributed by atoms with Crippen LogP contribution in [0.2, 0.25) is 0 Å². The van der Waals surface area contributed by atoms with Gasteiger partial charge in [-0.15, -0.1) is 0 Å². The monoisotopic (exact) mass is 268 g/mol. The Kier molecular flexibility index (Phi) is 5.59. The van der Waals surface area contributed by atoms with Gasteiger partial charge in [0.05, 0.1) is 13.7 Å². The van der Waals surface area contributed by atoms with Gasteiger partial charge < -0.3 is 19.8 Å². The van der Waals surface area contributed by atoms with Gasteiger partial charge in [-0.2, -0.15) is 0 Å². The number of nitrogen functional groups attached to an aromatic ring is 1. The van der Waals surface area contributed by atoms with Crippen molar-refractivity contribution in [1.29, 1.82) is 0 Å². The van der Waals surface area contributed by atoms with E-state index in [-0.39, 0.29) is 31.1 Å². The summed E-state index contributed by atoms with van der Waals surface area (Å²) in [7, 11) is 1.29. The smallest absolute Gasteiger partial charge is 0.326 e. The second kappa shape index (κ2) is 7.20. The van der Waals surface area contributed by atoms with Gasteiger partial charge in [0, 0.05) is 24.4 Å². The summed E-state index contributed by atoms with van der Waals surface area (Å²) in [5, 5.41) is 0. The predicted octanol–water partition coefficient (Wildman–Crippen LogP) is -0.0731. The van der Waals surface area contributed by atoms with Gasteiger partial charge >= 0.3 is 11.9 Å². The van der Waals surface area contributed by atoms with E-state index in [9.17, 15) is 14.4 Å². The fourth-order valence-electron chi connectivity index (χ4n) is 1.36. The van der Waals surface area contributed by atoms with Crippen LogP contribution in [0.1, 0.15) is 12.8 Å². The molecule has 104 valence electrons. The molecule has 0 saturated heterocycles. The van der Waals surface area contributed by atoms with Crippen LogP contribution in [0, 0.1) is 0 Å². The van der Waals surface area contributed by atoms with Crippen molar-refractivity contribution in [2.24, 2.45) is 0 Å². The highest BCUT2D eigenvalue weighted by atomic mass is 16.5. The van der Waals surface area contributed by atoms with Gasteiger partial charge in [-0.1, -0.05) is 0 Å². The second-order valence-corrected chi connectivity index (χ2v) is 3.83. The number of rotatable bonds is 6. The first-order valence-electron chi connectivity index (χ1n) is 5.71. The topological polar surface area (TPSA) is 101 Å². The molecular formula is C12H16N2O5. The van der Waals surface area contributed by atoms with Crippen LogP contribution in [0.4, 0.5) is 5.69 Å². The highest BCUT2D eigenvalue weighted by Crippen LogP contribution is 1.97. The van der Waals surface area contributed by atoms with E-state index in [2.05, 4.69) is 4.74 Å². The maximum Gasteiger partial charge on any atom is 0.326 e. The van der Waals surface area contributed by atoms with E-state index in [0.717, 1.165) is 4.57 Å². The number of hydrogen-bond acceptors (Lipinski definition) is 6. The first-order valence-corrected chi connectivity index (χ1v) is 5.71. The van der Waals surface area contributed by atoms with Crippen LogP contribution in [0.3, 0.4) is 0 Å². The molecule has 7 nitrogen and oxygen atoms in total. The zero-order chi connectivity index (χ0) is 14.3. The number of aromatic nitrogens is 1. The van der Waals surface area contributed by atoms with E-state index < -0.39 is 5.97 Å². The molecule has 0 bridgehead atoms. The van der Waals surface area contributed by atoms with Gasteiger partial charge in [-0.05, 0) is 12.5 Å². The molecule has 0 spiro atoms. The van der Waals surface area contributed by atoms with E-state index in [4.69, 9.17) is 10.5 Å². The maximum absolute atomic E-state index is 11.5. The van der Waals surface area contributed by atoms with Crippen LogP contribution in [-0.4, -0.2) is 30.2 Å². The van der Waals surface area contributed by atoms with Crippen molar-refractivity contribution in [3.63, 3.8) is 0 Å². The summed E-state index contributed by atoms with van der Waals surface area (Å²) in [5.41, 5.74) is 5.56. The molecule has 0 aliphatic heterocycles. The Balaban J connectivity index is 2.37. The van der Waals surface area contributed by atoms with Gasteiger partial charge in [0.15, 0.2) is 0 Å². The molecule has 1 aromatic rings. The van der Waals surface area contributed by atoms with E-state index in [0.29, 0.717) is 12.1 Å². The molecule has 0 unspecified atom stereocenters. The Hall–Kier alpha value is -2.31. The molecule has 0 aliphatic rings. The second-order valence-electron chi connectivity index (χ2n) is 3.83. The number of hydrogen-bond donors (Lipinski definition) is 1. The number of esters is 2. The molecule has 0 fully saturated rings. The third-order valence-electron chi connectivity index (χ3n) is 2.32. The Morgan fingerprint density at radius 2 is 2.05 bits per heavy atom. The zero-order valence-corrected chi connectivity index (χ0v) is 10.6. The van der Waals surface area contributed by atoms with Crippen LogP contribution < -0.4 is 11.3 Å². The number of ether oxygens (including phenoxy) is 2. The molecule has 0 aromatic carbocycles. The van der Waals surface area contributed by atoms with Crippen molar-refractivity contribution in [2.45, 2.75) is 19.4 Å². The van der Waals surface area contributed by atoms with Crippen molar-refractivity contribution < 1.29 is 19.1 Å². The van der Waals surface area contributed by atoms with Gasteiger partial charge in [-0.25, -0.2) is 0 Å². The van der Waals surface area contributed by atoms with E-state index in [1.54, 1.807) is 0 Å². The molecular weight excluding hydrogens is 252 g/mol. The summed E-state index contributed by atoms with van der Waals surface area (Å²) >= 11 is 0. The van der Waals surface area contributed by atoms with Crippen molar-refractivity contribution in [2.75, 3.05) is 19.5 Å². The number of carbonyl (C=O) groups excluding carboxylic acids is 2. The third-order valence-corrected chi connectivity index (χ3v) is 2.32. The molecule has 1 aromatic heterocycles. The van der Waals surface area contributed by atoms with Crippen molar-refractivity contribution in [1.82, 2.24) is 4.57 Å². The summed E-state index contributed by atoms with van der Waals surface area (Å²) in [6.07, 6.45) is 1.93. The number of nitrogens with zero attached hydrogens (tertiary/aromatic N) is 1. The normalized spacial score (nSPS) is 9.95. The summed E-state index contributed by atoms with van der Waals surface area (Å²) in [5.74, 6) is -0.916. The maximum atomic E-state index is 11.5. The van der Waals surface area contributed by atoms with Crippen molar-refractivity contribution in [3.8, 4) is 0 Å². The summed E-state index contributed by atoms with van der Waals surface area (Å²) in [6.45, 7) is -0.104. The van der Waals surface area contributed by atoms with Crippen LogP contribution >= 0.6 is 0 Å². The van der Waals surface area contributed by atoms with Crippen molar-refractivity contribution in [3.05, 3.63) is 28.7 Å². The molecule has 1 heterocycles. The largest absolute Gasteiger partial charge is 0.469 e. The Labute approximate surface area is 109 Å². The number of nitrogens with two attached hydrogens (primary N) is 1. The standard InChI is InChI=1S/C12H16N2O5/c1-18-11(16)3-2-6-19-12(17)8-14-7-9(13)4-5-10(14)15/h4-5,7H,2-3,6,8,13H2,1H3. The van der Waals surface area contributed by atoms with Crippen molar-refractivity contribution >= 4 is 17.6 Å². The zero-order valence-electron chi connectivity index (χ0n) is 10.6. The molecule has 19 heavy (non-hydrogen) atoms. The van der Waals surface area contributed by atoms with E-state index in [1.165, 1.54) is 25.4 Å². The molecule has 0 aliphatic carbocycles. The SMILES string of the molecule is COC(=O)CCCOC(=O)Cn1cc(N)ccc1=O. The lowest BCUT2D eigenvalue weighted by Crippen LogP contribution is -2.24. The minimum atomic E-state index is -0.558. The average molecular weight is 268 g/mol. The lowest BCUT2D eigenvalue weighted by Gasteiger charge is -2.07. The summed E-state index contributed by atoms with van der Waals surface area (Å²) in [4.78, 5) is 33.7. The average Bonchev–Trinajstić information content (AvgIpc) is 2.38. The quantitative estimate of drug-likeness (QED) is 0.572. The van der Waals surface area contributed by atoms with Gasteiger partial charge in [0.25, 0.3) is 5.56 Å². The van der Waals surface area contributed by atoms with Crippen LogP contribution in [-0.2, 0) is 25.6 Å². The van der Waals surface area contributed by atoms with E-state index >= 15 is 0 Å². The minimum absolute atomic E-state index is 0.102. The van der Waals surface area contributed by atoms with Crippen LogP contribution in [0.25, 0.3) is 0 Å². The van der Waals surface area contributed by atoms with E-state index in [1.807, 2.05) is 0 Å². The molecule has 0 radical (unpaired) electrons. The lowest BCUT2D eigenvalue weighted by molar-refractivity contribution is -0.146. The Morgan fingerprint density at radius 3 is 2.74 bits per heavy atom. The highest BCUT2D eigenvalue weighted by Gasteiger charge is 2.07. The minimum Gasteiger partial charge on any atom is -0.469 e. The molecule has 0 saturated carbocycles. The molecule has 2 N–H and O–H groups in total. The number of carbonyl (C=O) groups is 2. The fraction of sp³-hybridized carbons (Fsp3) is 0.417. The number of pyridine rings is 1. The van der Waals surface area contributed by atoms with Crippen LogP contribution in [0.15, 0.2) is 23.1 Å². The first kappa shape index (κ1) is 14.7. The van der Waals surface area contributed by atoms with Gasteiger partial charge in [0.1, 0.15) is 6.54 Å². The van der Waals surface area contributed by atoms with Gasteiger partial charge in [-0.3, -0.25) is 14.4 Å². The summed E-state index contributed by atoms with van der Waals surface area (Å²) < 4.78 is 10.5. The predicted molar refractivity (Wildman–Crippen MR) is 67.3 cm³/mol. The summed E-state index contributed by atoms with van der Waals surface area (Å²) in [6, 6.07) is 2.74. The number of methoxy groups -OCH3 is 1. The third kappa shape index (κ3) is 5.24. The first-order chi connectivity index (χ1) is 9.02. The van der Waals surface area contributed by atoms with Crippen LogP contribution in [0.5, 0.6) is 0 Å². The fourth-order valence-corrected chi connectivity index (χ4v) is 1.36. The highest BCUT2D eigenvalue weighted by molar-refractivity contribution is 5.70. The Bertz CT molecular complexity index is 509. The lowest BCUT2D eigenvalue weighted by atomic mass is 10.3. The van der Waals surface area contributed by atoms with Gasteiger partial charge in [0.2, 0.25) is 0 Å². The molecule has 0 amide bonds. The molecule has 0 atom stereocenters. The molecule has 7 heteroatoms.